The van der Waals surface area contributed by atoms with Gasteiger partial charge in [-0.05, 0) is 74.2 Å². The lowest BCUT2D eigenvalue weighted by atomic mass is 9.65. The summed E-state index contributed by atoms with van der Waals surface area (Å²) in [5.41, 5.74) is 3.73. The molecule has 3 aromatic rings. The predicted octanol–water partition coefficient (Wildman–Crippen LogP) is 5.77. The molecule has 3 amide bonds. The molecule has 0 fully saturated rings. The Labute approximate surface area is 210 Å². The molecule has 2 aliphatic heterocycles. The van der Waals surface area contributed by atoms with Gasteiger partial charge < -0.3 is 4.90 Å². The summed E-state index contributed by atoms with van der Waals surface area (Å²) in [5.74, 6) is -1.14. The summed E-state index contributed by atoms with van der Waals surface area (Å²) in [4.78, 5) is 42.5. The molecule has 178 valence electrons. The monoisotopic (exact) mass is 486 g/mol. The number of hydrogen-bond donors (Lipinski definition) is 0. The van der Waals surface area contributed by atoms with Crippen LogP contribution in [0.1, 0.15) is 64.6 Å². The average molecular weight is 487 g/mol. The number of benzene rings is 3. The smallest absolute Gasteiger partial charge is 0.262 e. The van der Waals surface area contributed by atoms with Crippen LogP contribution in [0.15, 0.2) is 66.7 Å². The maximum atomic E-state index is 13.8. The summed E-state index contributed by atoms with van der Waals surface area (Å²) >= 11 is 6.16. The molecule has 0 saturated heterocycles. The Morgan fingerprint density at radius 1 is 0.914 bits per heavy atom. The van der Waals surface area contributed by atoms with E-state index in [1.807, 2.05) is 51.1 Å². The Morgan fingerprint density at radius 3 is 2.11 bits per heavy atom. The van der Waals surface area contributed by atoms with Crippen molar-refractivity contribution in [1.82, 2.24) is 4.90 Å². The second-order valence-electron chi connectivity index (χ2n) is 10.3. The van der Waals surface area contributed by atoms with Gasteiger partial charge in [0.15, 0.2) is 0 Å². The van der Waals surface area contributed by atoms with E-state index in [9.17, 15) is 14.4 Å². The van der Waals surface area contributed by atoms with E-state index in [0.29, 0.717) is 22.6 Å². The maximum absolute atomic E-state index is 13.8. The van der Waals surface area contributed by atoms with Crippen molar-refractivity contribution in [2.75, 3.05) is 11.4 Å². The number of nitrogens with zero attached hydrogens (tertiary/aromatic N) is 2. The number of anilines is 1. The molecule has 0 spiro atoms. The fourth-order valence-electron chi connectivity index (χ4n) is 5.79. The van der Waals surface area contributed by atoms with Gasteiger partial charge in [0.2, 0.25) is 5.91 Å². The van der Waals surface area contributed by atoms with Crippen LogP contribution in [-0.4, -0.2) is 34.7 Å². The molecular weight excluding hydrogens is 460 g/mol. The molecule has 5 nitrogen and oxygen atoms in total. The lowest BCUT2D eigenvalue weighted by Crippen LogP contribution is -2.58. The molecule has 0 unspecified atom stereocenters. The molecule has 35 heavy (non-hydrogen) atoms. The molecule has 0 N–H and O–H groups in total. The van der Waals surface area contributed by atoms with E-state index in [-0.39, 0.29) is 17.9 Å². The SMILES string of the molecule is Cc1ccc2c(c1)N(C(=O)CN1C(=O)c3ccccc3C1=O)C(C)(C)C[C@]2(C)c1ccc(Cl)cc1. The maximum Gasteiger partial charge on any atom is 0.262 e. The number of amides is 3. The first-order valence-corrected chi connectivity index (χ1v) is 12.1. The van der Waals surface area contributed by atoms with E-state index in [1.165, 1.54) is 0 Å². The van der Waals surface area contributed by atoms with Gasteiger partial charge >= 0.3 is 0 Å². The van der Waals surface area contributed by atoms with Crippen molar-refractivity contribution >= 4 is 35.0 Å². The van der Waals surface area contributed by atoms with E-state index in [1.54, 1.807) is 29.2 Å². The Bertz CT molecular complexity index is 1340. The van der Waals surface area contributed by atoms with Crippen molar-refractivity contribution in [2.24, 2.45) is 0 Å². The highest BCUT2D eigenvalue weighted by molar-refractivity contribution is 6.30. The lowest BCUT2D eigenvalue weighted by molar-refractivity contribution is -0.120. The molecule has 0 saturated carbocycles. The molecule has 0 bridgehead atoms. The van der Waals surface area contributed by atoms with Gasteiger partial charge in [0.25, 0.3) is 11.8 Å². The van der Waals surface area contributed by atoms with Gasteiger partial charge in [-0.2, -0.15) is 0 Å². The Morgan fingerprint density at radius 2 is 1.51 bits per heavy atom. The van der Waals surface area contributed by atoms with Crippen LogP contribution < -0.4 is 4.90 Å². The van der Waals surface area contributed by atoms with E-state index < -0.39 is 17.4 Å². The van der Waals surface area contributed by atoms with Crippen LogP contribution in [0.4, 0.5) is 5.69 Å². The van der Waals surface area contributed by atoms with Crippen LogP contribution in [0.25, 0.3) is 0 Å². The minimum absolute atomic E-state index is 0.283. The van der Waals surface area contributed by atoms with Crippen molar-refractivity contribution < 1.29 is 14.4 Å². The van der Waals surface area contributed by atoms with Gasteiger partial charge in [-0.15, -0.1) is 0 Å². The summed E-state index contributed by atoms with van der Waals surface area (Å²) in [7, 11) is 0. The van der Waals surface area contributed by atoms with Gasteiger partial charge in [-0.1, -0.05) is 54.9 Å². The number of aryl methyl sites for hydroxylation is 1. The van der Waals surface area contributed by atoms with Gasteiger partial charge in [0.1, 0.15) is 6.54 Å². The zero-order valence-corrected chi connectivity index (χ0v) is 21.0. The molecule has 0 radical (unpaired) electrons. The third kappa shape index (κ3) is 3.66. The summed E-state index contributed by atoms with van der Waals surface area (Å²) in [6.45, 7) is 7.95. The number of imide groups is 1. The van der Waals surface area contributed by atoms with Crippen molar-refractivity contribution in [3.05, 3.63) is 99.6 Å². The summed E-state index contributed by atoms with van der Waals surface area (Å²) in [6, 6.07) is 20.7. The first-order chi connectivity index (χ1) is 16.5. The van der Waals surface area contributed by atoms with E-state index in [4.69, 9.17) is 11.6 Å². The van der Waals surface area contributed by atoms with Gasteiger partial charge in [-0.3, -0.25) is 19.3 Å². The molecule has 0 aromatic heterocycles. The molecule has 6 heteroatoms. The minimum atomic E-state index is -0.578. The van der Waals surface area contributed by atoms with Gasteiger partial charge in [0.05, 0.1) is 11.1 Å². The van der Waals surface area contributed by atoms with Crippen LogP contribution in [0.5, 0.6) is 0 Å². The van der Waals surface area contributed by atoms with E-state index >= 15 is 0 Å². The average Bonchev–Trinajstić information content (AvgIpc) is 3.03. The molecule has 2 heterocycles. The second kappa shape index (κ2) is 8.06. The number of fused-ring (bicyclic) bond motifs is 2. The molecule has 3 aromatic carbocycles. The second-order valence-corrected chi connectivity index (χ2v) is 10.8. The first kappa shape index (κ1) is 23.3. The van der Waals surface area contributed by atoms with Crippen LogP contribution in [0, 0.1) is 6.92 Å². The lowest BCUT2D eigenvalue weighted by Gasteiger charge is -2.51. The normalized spacial score (nSPS) is 20.6. The molecule has 5 rings (SSSR count). The molecule has 2 aliphatic rings. The first-order valence-electron chi connectivity index (χ1n) is 11.7. The van der Waals surface area contributed by atoms with Crippen molar-refractivity contribution in [3.8, 4) is 0 Å². The quantitative estimate of drug-likeness (QED) is 0.442. The van der Waals surface area contributed by atoms with Crippen LogP contribution in [0.2, 0.25) is 5.02 Å². The Balaban J connectivity index is 1.56. The fraction of sp³-hybridized carbons (Fsp3) is 0.276. The van der Waals surface area contributed by atoms with Crippen molar-refractivity contribution in [3.63, 3.8) is 0 Å². The van der Waals surface area contributed by atoms with Crippen LogP contribution >= 0.6 is 11.6 Å². The highest BCUT2D eigenvalue weighted by Gasteiger charge is 2.48. The fourth-order valence-corrected chi connectivity index (χ4v) is 5.92. The largest absolute Gasteiger partial charge is 0.305 e. The topological polar surface area (TPSA) is 57.7 Å². The van der Waals surface area contributed by atoms with Gasteiger partial charge in [0, 0.05) is 21.7 Å². The Hall–Kier alpha value is -3.44. The summed E-state index contributed by atoms with van der Waals surface area (Å²) in [5, 5.41) is 0.675. The molecular formula is C29H27ClN2O3. The summed E-state index contributed by atoms with van der Waals surface area (Å²) in [6.07, 6.45) is 0.658. The highest BCUT2D eigenvalue weighted by Crippen LogP contribution is 2.50. The van der Waals surface area contributed by atoms with Gasteiger partial charge in [-0.25, -0.2) is 0 Å². The standard InChI is InChI=1S/C29H27ClN2O3/c1-18-9-14-23-24(15-18)32(28(2,3)17-29(23,4)19-10-12-20(30)13-11-19)25(33)16-31-26(34)21-7-5-6-8-22(21)27(31)35/h5-15H,16-17H2,1-4H3/t29-/m1/s1. The zero-order chi connectivity index (χ0) is 25.1. The Kier molecular flexibility index (Phi) is 5.37. The summed E-state index contributed by atoms with van der Waals surface area (Å²) < 4.78 is 0. The van der Waals surface area contributed by atoms with Crippen molar-refractivity contribution in [2.45, 2.75) is 45.1 Å². The highest BCUT2D eigenvalue weighted by atomic mass is 35.5. The third-order valence-electron chi connectivity index (χ3n) is 7.28. The van der Waals surface area contributed by atoms with E-state index in [2.05, 4.69) is 19.1 Å². The number of halogens is 1. The van der Waals surface area contributed by atoms with Crippen molar-refractivity contribution in [1.29, 1.82) is 0 Å². The molecule has 0 aliphatic carbocycles. The third-order valence-corrected chi connectivity index (χ3v) is 7.53. The zero-order valence-electron chi connectivity index (χ0n) is 20.3. The van der Waals surface area contributed by atoms with Crippen LogP contribution in [-0.2, 0) is 10.2 Å². The predicted molar refractivity (Wildman–Crippen MR) is 137 cm³/mol. The minimum Gasteiger partial charge on any atom is -0.305 e. The number of carbonyl (C=O) groups is 3. The molecule has 1 atom stereocenters. The number of hydrogen-bond acceptors (Lipinski definition) is 3. The van der Waals surface area contributed by atoms with E-state index in [0.717, 1.165) is 27.3 Å². The van der Waals surface area contributed by atoms with Crippen LogP contribution in [0.3, 0.4) is 0 Å². The number of rotatable bonds is 3. The number of carbonyl (C=O) groups excluding carboxylic acids is 3.